The maximum Gasteiger partial charge on any atom is 0.271 e. The summed E-state index contributed by atoms with van der Waals surface area (Å²) in [5, 5.41) is 26.8. The van der Waals surface area contributed by atoms with Crippen LogP contribution in [0.1, 0.15) is 48.7 Å². The van der Waals surface area contributed by atoms with E-state index >= 15 is 0 Å². The number of amides is 1. The average molecular weight is 581 g/mol. The maximum atomic E-state index is 12.6. The van der Waals surface area contributed by atoms with E-state index < -0.39 is 5.41 Å². The fourth-order valence-corrected chi connectivity index (χ4v) is 5.46. The van der Waals surface area contributed by atoms with E-state index in [0.717, 1.165) is 55.7 Å². The summed E-state index contributed by atoms with van der Waals surface area (Å²) in [4.78, 5) is 23.7. The highest BCUT2D eigenvalue weighted by Gasteiger charge is 2.44. The van der Waals surface area contributed by atoms with Gasteiger partial charge in [0.1, 0.15) is 29.9 Å². The van der Waals surface area contributed by atoms with Crippen LogP contribution in [0.5, 0.6) is 5.75 Å². The number of fused-ring (bicyclic) bond motifs is 1. The molecule has 1 aliphatic carbocycles. The Kier molecular flexibility index (Phi) is 7.17. The topological polar surface area (TPSA) is 132 Å². The monoisotopic (exact) mass is 580 g/mol. The van der Waals surface area contributed by atoms with Crippen molar-refractivity contribution in [2.75, 3.05) is 31.1 Å². The van der Waals surface area contributed by atoms with Crippen LogP contribution in [-0.4, -0.2) is 51.7 Å². The number of aromatic nitrogens is 4. The summed E-state index contributed by atoms with van der Waals surface area (Å²) in [5.41, 5.74) is 2.56. The summed E-state index contributed by atoms with van der Waals surface area (Å²) >= 11 is 6.12. The number of carbonyl (C=O) groups is 1. The minimum atomic E-state index is -0.400. The second kappa shape index (κ2) is 11.0. The smallest absolute Gasteiger partial charge is 0.271 e. The molecular formula is C31H29ClN8O2. The summed E-state index contributed by atoms with van der Waals surface area (Å²) in [5.74, 6) is 1.19. The van der Waals surface area contributed by atoms with Gasteiger partial charge in [0.25, 0.3) is 5.91 Å². The molecule has 5 heterocycles. The third-order valence-electron chi connectivity index (χ3n) is 8.32. The number of rotatable bonds is 8. The molecule has 1 N–H and O–H groups in total. The predicted molar refractivity (Wildman–Crippen MR) is 157 cm³/mol. The molecule has 0 unspecified atom stereocenters. The molecule has 0 atom stereocenters. The Balaban J connectivity index is 1.14. The second-order valence-electron chi connectivity index (χ2n) is 11.5. The summed E-state index contributed by atoms with van der Waals surface area (Å²) in [6, 6.07) is 13.8. The lowest BCUT2D eigenvalue weighted by Crippen LogP contribution is -2.45. The first-order chi connectivity index (χ1) is 20.3. The zero-order valence-electron chi connectivity index (χ0n) is 23.2. The van der Waals surface area contributed by atoms with Crippen LogP contribution < -0.4 is 15.0 Å². The third kappa shape index (κ3) is 5.46. The quantitative estimate of drug-likeness (QED) is 0.307. The van der Waals surface area contributed by atoms with E-state index in [1.807, 2.05) is 24.4 Å². The van der Waals surface area contributed by atoms with Crippen molar-refractivity contribution in [2.45, 2.75) is 32.6 Å². The molecule has 0 aromatic carbocycles. The zero-order valence-corrected chi connectivity index (χ0v) is 23.9. The van der Waals surface area contributed by atoms with Gasteiger partial charge in [-0.2, -0.15) is 15.6 Å². The molecule has 0 radical (unpaired) electrons. The van der Waals surface area contributed by atoms with Gasteiger partial charge in [0.2, 0.25) is 0 Å². The Labute approximate surface area is 248 Å². The van der Waals surface area contributed by atoms with Gasteiger partial charge in [0.05, 0.1) is 40.0 Å². The van der Waals surface area contributed by atoms with E-state index in [1.54, 1.807) is 35.2 Å². The first-order valence-electron chi connectivity index (χ1n) is 13.9. The summed E-state index contributed by atoms with van der Waals surface area (Å²) in [6.07, 6.45) is 10.1. The molecule has 1 saturated heterocycles. The number of nitrogens with one attached hydrogen (secondary N) is 1. The van der Waals surface area contributed by atoms with Crippen molar-refractivity contribution in [1.82, 2.24) is 24.9 Å². The van der Waals surface area contributed by atoms with Crippen LogP contribution in [-0.2, 0) is 0 Å². The van der Waals surface area contributed by atoms with E-state index in [-0.39, 0.29) is 17.0 Å². The maximum absolute atomic E-state index is 12.6. The van der Waals surface area contributed by atoms with Crippen molar-refractivity contribution in [1.29, 1.82) is 10.5 Å². The molecule has 42 heavy (non-hydrogen) atoms. The lowest BCUT2D eigenvalue weighted by molar-refractivity contribution is 0.0920. The third-order valence-corrected chi connectivity index (χ3v) is 8.62. The van der Waals surface area contributed by atoms with Crippen LogP contribution in [0.4, 0.5) is 5.82 Å². The Morgan fingerprint density at radius 3 is 2.62 bits per heavy atom. The number of nitriles is 2. The predicted octanol–water partition coefficient (Wildman–Crippen LogP) is 5.04. The van der Waals surface area contributed by atoms with Crippen LogP contribution in [0, 0.1) is 33.5 Å². The normalized spacial score (nSPS) is 16.8. The lowest BCUT2D eigenvalue weighted by atomic mass is 9.80. The van der Waals surface area contributed by atoms with Gasteiger partial charge in [0, 0.05) is 43.2 Å². The van der Waals surface area contributed by atoms with Crippen molar-refractivity contribution in [3.8, 4) is 29.0 Å². The molecule has 6 rings (SSSR count). The highest BCUT2D eigenvalue weighted by Crippen LogP contribution is 2.45. The first-order valence-corrected chi connectivity index (χ1v) is 14.3. The average Bonchev–Trinajstić information content (AvgIpc) is 3.69. The minimum absolute atomic E-state index is 0.0559. The number of halogens is 1. The van der Waals surface area contributed by atoms with Crippen molar-refractivity contribution in [3.63, 3.8) is 0 Å². The number of carbonyl (C=O) groups excluding carboxylic acids is 1. The number of ether oxygens (including phenoxy) is 1. The van der Waals surface area contributed by atoms with Gasteiger partial charge >= 0.3 is 0 Å². The molecule has 0 bridgehead atoms. The molecule has 1 saturated carbocycles. The van der Waals surface area contributed by atoms with Crippen LogP contribution in [0.3, 0.4) is 0 Å². The molecule has 11 heteroatoms. The van der Waals surface area contributed by atoms with Crippen molar-refractivity contribution in [2.24, 2.45) is 10.8 Å². The van der Waals surface area contributed by atoms with E-state index in [9.17, 15) is 15.3 Å². The number of piperidine rings is 1. The highest BCUT2D eigenvalue weighted by molar-refractivity contribution is 6.33. The van der Waals surface area contributed by atoms with Gasteiger partial charge in [-0.1, -0.05) is 18.5 Å². The van der Waals surface area contributed by atoms with Gasteiger partial charge in [-0.3, -0.25) is 4.79 Å². The van der Waals surface area contributed by atoms with Crippen LogP contribution in [0.15, 0.2) is 55.1 Å². The van der Waals surface area contributed by atoms with E-state index in [2.05, 4.69) is 39.4 Å². The molecule has 1 amide bonds. The van der Waals surface area contributed by atoms with Crippen LogP contribution >= 0.6 is 11.6 Å². The molecule has 212 valence electrons. The van der Waals surface area contributed by atoms with Gasteiger partial charge in [-0.25, -0.2) is 14.5 Å². The molecule has 10 nitrogen and oxygen atoms in total. The highest BCUT2D eigenvalue weighted by atomic mass is 35.5. The van der Waals surface area contributed by atoms with Gasteiger partial charge in [-0.15, -0.1) is 0 Å². The summed E-state index contributed by atoms with van der Waals surface area (Å²) in [6.45, 7) is 4.65. The van der Waals surface area contributed by atoms with Crippen LogP contribution in [0.2, 0.25) is 5.02 Å². The Morgan fingerprint density at radius 1 is 1.14 bits per heavy atom. The fraction of sp³-hybridized carbons (Fsp3) is 0.355. The van der Waals surface area contributed by atoms with Crippen LogP contribution in [0.25, 0.3) is 16.6 Å². The Hall–Kier alpha value is -4.67. The van der Waals surface area contributed by atoms with Gasteiger partial charge in [0.15, 0.2) is 0 Å². The van der Waals surface area contributed by atoms with Gasteiger partial charge < -0.3 is 15.0 Å². The molecule has 1 aliphatic heterocycles. The fourth-order valence-electron chi connectivity index (χ4n) is 5.25. The molecule has 2 aliphatic rings. The number of nitrogens with zero attached hydrogens (tertiary/aromatic N) is 7. The largest absolute Gasteiger partial charge is 0.490 e. The first kappa shape index (κ1) is 27.5. The summed E-state index contributed by atoms with van der Waals surface area (Å²) < 4.78 is 7.66. The Morgan fingerprint density at radius 2 is 1.95 bits per heavy atom. The summed E-state index contributed by atoms with van der Waals surface area (Å²) in [7, 11) is 0. The number of pyridine rings is 3. The number of hydrogen-bond donors (Lipinski definition) is 1. The lowest BCUT2D eigenvalue weighted by Gasteiger charge is -2.40. The van der Waals surface area contributed by atoms with E-state index in [0.29, 0.717) is 35.0 Å². The molecule has 4 aromatic heterocycles. The number of anilines is 1. The van der Waals surface area contributed by atoms with Gasteiger partial charge in [-0.05, 0) is 61.4 Å². The van der Waals surface area contributed by atoms with Crippen molar-refractivity contribution < 1.29 is 9.53 Å². The van der Waals surface area contributed by atoms with E-state index in [4.69, 9.17) is 21.3 Å². The molecule has 0 spiro atoms. The molecule has 2 fully saturated rings. The van der Waals surface area contributed by atoms with E-state index in [1.165, 1.54) is 0 Å². The minimum Gasteiger partial charge on any atom is -0.490 e. The standard InChI is InChI=1S/C31H29ClN8O2/c1-30(19-37-29(41)27-25(32)3-2-10-35-27)8-11-39(12-9-30)26-5-4-21(15-36-26)24-13-23(42-20-31(18-34)6-7-31)17-40-28(24)22(14-33)16-38-40/h2-5,10,13,15-17H,6-9,11-12,19-20H2,1H3,(H,37,41). The zero-order chi connectivity index (χ0) is 29.3. The SMILES string of the molecule is CC1(CNC(=O)c2ncccc2Cl)CCN(c2ccc(-c3cc(OCC4(C#N)CC4)cn4ncc(C#N)c34)cn2)CC1. The molecule has 4 aromatic rings. The van der Waals surface area contributed by atoms with Crippen molar-refractivity contribution in [3.05, 3.63) is 71.4 Å². The molecular weight excluding hydrogens is 552 g/mol. The number of hydrogen-bond acceptors (Lipinski definition) is 8. The van der Waals surface area contributed by atoms with Crippen molar-refractivity contribution >= 4 is 28.8 Å². The Bertz CT molecular complexity index is 1720. The second-order valence-corrected chi connectivity index (χ2v) is 11.9.